The summed E-state index contributed by atoms with van der Waals surface area (Å²) in [6.07, 6.45) is 1.29. The van der Waals surface area contributed by atoms with E-state index in [9.17, 15) is 0 Å². The lowest BCUT2D eigenvalue weighted by Gasteiger charge is -2.10. The topological polar surface area (TPSA) is 12.0 Å². The standard InChI is InChI=1S/C10H12IN/c11-10-4-2-1-3-9(10)8-5-6-12-7-8/h1-4,8,12H,5-7H2/t8-/m1/s1. The third kappa shape index (κ3) is 1.64. The highest BCUT2D eigenvalue weighted by Gasteiger charge is 2.17. The van der Waals surface area contributed by atoms with Crippen LogP contribution in [0.25, 0.3) is 0 Å². The van der Waals surface area contributed by atoms with E-state index in [1.165, 1.54) is 22.1 Å². The SMILES string of the molecule is Ic1ccccc1[C@@H]1CCNC1. The third-order valence-corrected chi connectivity index (χ3v) is 3.39. The Kier molecular flexibility index (Phi) is 2.66. The molecular formula is C10H12IN. The maximum atomic E-state index is 3.39. The Morgan fingerprint density at radius 1 is 1.33 bits per heavy atom. The van der Waals surface area contributed by atoms with Crippen molar-refractivity contribution in [2.24, 2.45) is 0 Å². The molecular weight excluding hydrogens is 261 g/mol. The van der Waals surface area contributed by atoms with Crippen molar-refractivity contribution in [3.8, 4) is 0 Å². The first-order valence-corrected chi connectivity index (χ1v) is 5.41. The van der Waals surface area contributed by atoms with Crippen LogP contribution in [0.15, 0.2) is 24.3 Å². The van der Waals surface area contributed by atoms with E-state index < -0.39 is 0 Å². The highest BCUT2D eigenvalue weighted by atomic mass is 127. The molecule has 64 valence electrons. The fraction of sp³-hybridized carbons (Fsp3) is 0.400. The first-order chi connectivity index (χ1) is 5.88. The first-order valence-electron chi connectivity index (χ1n) is 4.33. The Morgan fingerprint density at radius 3 is 2.83 bits per heavy atom. The summed E-state index contributed by atoms with van der Waals surface area (Å²) < 4.78 is 1.41. The predicted octanol–water partition coefficient (Wildman–Crippen LogP) is 2.37. The Labute approximate surface area is 86.7 Å². The second-order valence-electron chi connectivity index (χ2n) is 3.21. The van der Waals surface area contributed by atoms with Gasteiger partial charge >= 0.3 is 0 Å². The molecule has 2 heteroatoms. The van der Waals surface area contributed by atoms with Crippen molar-refractivity contribution in [1.82, 2.24) is 5.32 Å². The van der Waals surface area contributed by atoms with E-state index in [0.717, 1.165) is 12.5 Å². The van der Waals surface area contributed by atoms with E-state index in [4.69, 9.17) is 0 Å². The Morgan fingerprint density at radius 2 is 2.17 bits per heavy atom. The van der Waals surface area contributed by atoms with Crippen LogP contribution in [0.2, 0.25) is 0 Å². The minimum absolute atomic E-state index is 0.748. The number of hydrogen-bond donors (Lipinski definition) is 1. The summed E-state index contributed by atoms with van der Waals surface area (Å²) >= 11 is 2.42. The Bertz CT molecular complexity index is 266. The summed E-state index contributed by atoms with van der Waals surface area (Å²) in [7, 11) is 0. The average molecular weight is 273 g/mol. The van der Waals surface area contributed by atoms with Gasteiger partial charge in [0.15, 0.2) is 0 Å². The van der Waals surface area contributed by atoms with Gasteiger partial charge in [-0.25, -0.2) is 0 Å². The van der Waals surface area contributed by atoms with Gasteiger partial charge in [-0.3, -0.25) is 0 Å². The van der Waals surface area contributed by atoms with Gasteiger partial charge in [-0.05, 0) is 53.1 Å². The van der Waals surface area contributed by atoms with Crippen molar-refractivity contribution in [2.75, 3.05) is 13.1 Å². The number of rotatable bonds is 1. The second kappa shape index (κ2) is 3.75. The van der Waals surface area contributed by atoms with Crippen LogP contribution in [0, 0.1) is 3.57 Å². The molecule has 0 saturated carbocycles. The molecule has 1 aromatic carbocycles. The van der Waals surface area contributed by atoms with Gasteiger partial charge in [0.1, 0.15) is 0 Å². The molecule has 1 fully saturated rings. The minimum Gasteiger partial charge on any atom is -0.316 e. The van der Waals surface area contributed by atoms with Crippen LogP contribution in [0.3, 0.4) is 0 Å². The summed E-state index contributed by atoms with van der Waals surface area (Å²) in [6.45, 7) is 2.33. The Hall–Kier alpha value is -0.0900. The smallest absolute Gasteiger partial charge is 0.0165 e. The van der Waals surface area contributed by atoms with Crippen LogP contribution in [-0.2, 0) is 0 Å². The zero-order valence-corrected chi connectivity index (χ0v) is 9.04. The lowest BCUT2D eigenvalue weighted by Crippen LogP contribution is -2.08. The molecule has 0 unspecified atom stereocenters. The van der Waals surface area contributed by atoms with Crippen LogP contribution < -0.4 is 5.32 Å². The van der Waals surface area contributed by atoms with Crippen LogP contribution in [0.5, 0.6) is 0 Å². The van der Waals surface area contributed by atoms with Gasteiger partial charge < -0.3 is 5.32 Å². The summed E-state index contributed by atoms with van der Waals surface area (Å²) in [4.78, 5) is 0. The average Bonchev–Trinajstić information content (AvgIpc) is 2.57. The van der Waals surface area contributed by atoms with Crippen molar-refractivity contribution >= 4 is 22.6 Å². The quantitative estimate of drug-likeness (QED) is 0.775. The zero-order chi connectivity index (χ0) is 8.39. The summed E-state index contributed by atoms with van der Waals surface area (Å²) in [6, 6.07) is 8.68. The van der Waals surface area contributed by atoms with Crippen molar-refractivity contribution in [3.05, 3.63) is 33.4 Å². The van der Waals surface area contributed by atoms with E-state index in [1.54, 1.807) is 0 Å². The maximum Gasteiger partial charge on any atom is 0.0165 e. The second-order valence-corrected chi connectivity index (χ2v) is 4.37. The van der Waals surface area contributed by atoms with Crippen LogP contribution in [0.1, 0.15) is 17.9 Å². The lowest BCUT2D eigenvalue weighted by molar-refractivity contribution is 0.759. The van der Waals surface area contributed by atoms with Gasteiger partial charge in [-0.15, -0.1) is 0 Å². The fourth-order valence-electron chi connectivity index (χ4n) is 1.73. The normalized spacial score (nSPS) is 22.9. The zero-order valence-electron chi connectivity index (χ0n) is 6.89. The summed E-state index contributed by atoms with van der Waals surface area (Å²) in [5.41, 5.74) is 1.52. The molecule has 1 aliphatic heterocycles. The van der Waals surface area contributed by atoms with Crippen molar-refractivity contribution < 1.29 is 0 Å². The highest BCUT2D eigenvalue weighted by molar-refractivity contribution is 14.1. The molecule has 1 saturated heterocycles. The van der Waals surface area contributed by atoms with Gasteiger partial charge in [0.05, 0.1) is 0 Å². The summed E-state index contributed by atoms with van der Waals surface area (Å²) in [5.74, 6) is 0.748. The molecule has 1 nitrogen and oxygen atoms in total. The molecule has 12 heavy (non-hydrogen) atoms. The molecule has 2 rings (SSSR count). The summed E-state index contributed by atoms with van der Waals surface area (Å²) in [5, 5.41) is 3.39. The first kappa shape index (κ1) is 8.51. The van der Waals surface area contributed by atoms with Gasteiger partial charge in [-0.1, -0.05) is 18.2 Å². The molecule has 0 amide bonds. The van der Waals surface area contributed by atoms with E-state index in [0.29, 0.717) is 0 Å². The molecule has 1 atom stereocenters. The lowest BCUT2D eigenvalue weighted by atomic mass is 9.99. The number of benzene rings is 1. The van der Waals surface area contributed by atoms with Crippen molar-refractivity contribution in [3.63, 3.8) is 0 Å². The molecule has 0 bridgehead atoms. The van der Waals surface area contributed by atoms with Crippen LogP contribution in [0.4, 0.5) is 0 Å². The maximum absolute atomic E-state index is 3.39. The largest absolute Gasteiger partial charge is 0.316 e. The molecule has 1 N–H and O–H groups in total. The van der Waals surface area contributed by atoms with E-state index in [-0.39, 0.29) is 0 Å². The molecule has 0 aromatic heterocycles. The van der Waals surface area contributed by atoms with Gasteiger partial charge in [0, 0.05) is 10.1 Å². The number of hydrogen-bond acceptors (Lipinski definition) is 1. The molecule has 1 aromatic rings. The number of halogens is 1. The third-order valence-electron chi connectivity index (χ3n) is 2.41. The van der Waals surface area contributed by atoms with Crippen molar-refractivity contribution in [2.45, 2.75) is 12.3 Å². The highest BCUT2D eigenvalue weighted by Crippen LogP contribution is 2.26. The van der Waals surface area contributed by atoms with Gasteiger partial charge in [0.25, 0.3) is 0 Å². The minimum atomic E-state index is 0.748. The van der Waals surface area contributed by atoms with E-state index in [2.05, 4.69) is 52.2 Å². The predicted molar refractivity (Wildman–Crippen MR) is 59.4 cm³/mol. The van der Waals surface area contributed by atoms with Gasteiger partial charge in [0.2, 0.25) is 0 Å². The van der Waals surface area contributed by atoms with Gasteiger partial charge in [-0.2, -0.15) is 0 Å². The molecule has 0 aliphatic carbocycles. The van der Waals surface area contributed by atoms with E-state index >= 15 is 0 Å². The van der Waals surface area contributed by atoms with Crippen LogP contribution in [-0.4, -0.2) is 13.1 Å². The van der Waals surface area contributed by atoms with Crippen molar-refractivity contribution in [1.29, 1.82) is 0 Å². The van der Waals surface area contributed by atoms with Crippen LogP contribution >= 0.6 is 22.6 Å². The Balaban J connectivity index is 2.26. The number of nitrogens with one attached hydrogen (secondary N) is 1. The monoisotopic (exact) mass is 273 g/mol. The molecule has 1 aliphatic rings. The molecule has 0 spiro atoms. The fourth-order valence-corrected chi connectivity index (χ4v) is 2.55. The van der Waals surface area contributed by atoms with E-state index in [1.807, 2.05) is 0 Å². The molecule has 1 heterocycles. The molecule has 0 radical (unpaired) electrons.